The molecule has 0 radical (unpaired) electrons. The second kappa shape index (κ2) is 13.4. The van der Waals surface area contributed by atoms with Crippen molar-refractivity contribution in [2.45, 2.75) is 52.6 Å². The molecule has 0 fully saturated rings. The lowest BCUT2D eigenvalue weighted by Crippen LogP contribution is -2.26. The number of pyridine rings is 1. The third-order valence-electron chi connectivity index (χ3n) is 6.25. The van der Waals surface area contributed by atoms with Crippen LogP contribution in [0.2, 0.25) is 0 Å². The van der Waals surface area contributed by atoms with Gasteiger partial charge in [-0.15, -0.1) is 0 Å². The van der Waals surface area contributed by atoms with E-state index in [9.17, 15) is 23.2 Å². The van der Waals surface area contributed by atoms with Crippen molar-refractivity contribution < 1.29 is 32.6 Å². The number of carbonyl (C=O) groups is 3. The second-order valence-corrected chi connectivity index (χ2v) is 11.1. The summed E-state index contributed by atoms with van der Waals surface area (Å²) in [6.45, 7) is 7.49. The Labute approximate surface area is 248 Å². The predicted molar refractivity (Wildman–Crippen MR) is 157 cm³/mol. The Morgan fingerprint density at radius 2 is 1.72 bits per heavy atom. The van der Waals surface area contributed by atoms with Crippen molar-refractivity contribution in [1.29, 1.82) is 0 Å². The third-order valence-corrected chi connectivity index (χ3v) is 6.25. The number of aryl methyl sites for hydroxylation is 1. The number of nitrogens with one attached hydrogen (secondary N) is 2. The Balaban J connectivity index is 1.38. The maximum atomic E-state index is 14.6. The monoisotopic (exact) mass is 589 g/mol. The smallest absolute Gasteiger partial charge is 0.306 e. The maximum Gasteiger partial charge on any atom is 0.306 e. The fourth-order valence-electron chi connectivity index (χ4n) is 4.22. The topological polar surface area (TPSA) is 110 Å². The molecule has 2 aromatic heterocycles. The quantitative estimate of drug-likeness (QED) is 0.114. The van der Waals surface area contributed by atoms with Crippen molar-refractivity contribution in [3.8, 4) is 22.9 Å². The summed E-state index contributed by atoms with van der Waals surface area (Å²) in [6.07, 6.45) is 3.44. The number of hydrogen-bond donors (Lipinski definition) is 2. The summed E-state index contributed by atoms with van der Waals surface area (Å²) in [5, 5.41) is 2.77. The highest BCUT2D eigenvalue weighted by Gasteiger charge is 2.17. The van der Waals surface area contributed by atoms with Crippen LogP contribution in [0.3, 0.4) is 0 Å². The van der Waals surface area contributed by atoms with Gasteiger partial charge in [0.05, 0.1) is 17.0 Å². The van der Waals surface area contributed by atoms with E-state index in [0.717, 1.165) is 11.6 Å². The number of ether oxygens (including phenoxy) is 2. The van der Waals surface area contributed by atoms with E-state index in [0.29, 0.717) is 29.9 Å². The molecule has 4 aromatic rings. The number of benzene rings is 2. The highest BCUT2D eigenvalue weighted by atomic mass is 19.1. The zero-order chi connectivity index (χ0) is 31.1. The van der Waals surface area contributed by atoms with Gasteiger partial charge in [-0.3, -0.25) is 19.4 Å². The first kappa shape index (κ1) is 31.1. The number of esters is 1. The standard InChI is InChI=1S/C33H33F2N3O5/c1-20-7-9-25(34)22(14-20)16-29(39)21-8-10-26(35)30(17-21)42-24-11-13-36-28(18-24)27-15-23(19-38-27)32(41)37-12-5-6-31(40)43-33(2,3)4/h7-11,13-15,17-19,38H,5-6,12,16H2,1-4H3,(H,37,41). The molecule has 2 heterocycles. The van der Waals surface area contributed by atoms with Crippen LogP contribution in [0.5, 0.6) is 11.5 Å². The third kappa shape index (κ3) is 8.81. The van der Waals surface area contributed by atoms with Crippen molar-refractivity contribution in [1.82, 2.24) is 15.3 Å². The predicted octanol–water partition coefficient (Wildman–Crippen LogP) is 6.73. The lowest BCUT2D eigenvalue weighted by atomic mass is 10.0. The Hall–Kier alpha value is -4.86. The lowest BCUT2D eigenvalue weighted by molar-refractivity contribution is -0.154. The minimum atomic E-state index is -0.679. The zero-order valence-electron chi connectivity index (χ0n) is 24.4. The summed E-state index contributed by atoms with van der Waals surface area (Å²) in [6, 6.07) is 13.0. The summed E-state index contributed by atoms with van der Waals surface area (Å²) in [5.74, 6) is -2.12. The number of carbonyl (C=O) groups excluding carboxylic acids is 3. The van der Waals surface area contributed by atoms with E-state index in [4.69, 9.17) is 9.47 Å². The average molecular weight is 590 g/mol. The number of aromatic nitrogens is 2. The highest BCUT2D eigenvalue weighted by Crippen LogP contribution is 2.29. The number of H-pyrrole nitrogens is 1. The van der Waals surface area contributed by atoms with Gasteiger partial charge in [-0.2, -0.15) is 0 Å². The fourth-order valence-corrected chi connectivity index (χ4v) is 4.22. The SMILES string of the molecule is Cc1ccc(F)c(CC(=O)c2ccc(F)c(Oc3ccnc(-c4cc(C(=O)NCCCC(=O)OC(C)(C)C)c[nH]4)c3)c2)c1. The van der Waals surface area contributed by atoms with Crippen LogP contribution in [0.15, 0.2) is 67.0 Å². The fraction of sp³-hybridized carbons (Fsp3) is 0.273. The van der Waals surface area contributed by atoms with E-state index in [1.165, 1.54) is 36.7 Å². The molecule has 4 rings (SSSR count). The van der Waals surface area contributed by atoms with Gasteiger partial charge in [0.2, 0.25) is 0 Å². The van der Waals surface area contributed by atoms with Gasteiger partial charge in [0.15, 0.2) is 17.3 Å². The van der Waals surface area contributed by atoms with Crippen molar-refractivity contribution in [3.05, 3.63) is 101 Å². The lowest BCUT2D eigenvalue weighted by Gasteiger charge is -2.19. The first-order chi connectivity index (χ1) is 20.4. The Morgan fingerprint density at radius 3 is 2.49 bits per heavy atom. The van der Waals surface area contributed by atoms with Crippen LogP contribution in [0.25, 0.3) is 11.4 Å². The number of Topliss-reactive ketones (excluding diaryl/α,β-unsaturated/α-hetero) is 1. The summed E-state index contributed by atoms with van der Waals surface area (Å²) < 4.78 is 39.8. The largest absolute Gasteiger partial charge is 0.460 e. The molecule has 0 atom stereocenters. The minimum absolute atomic E-state index is 0.175. The van der Waals surface area contributed by atoms with Crippen LogP contribution in [0, 0.1) is 18.6 Å². The van der Waals surface area contributed by atoms with E-state index in [1.54, 1.807) is 52.0 Å². The van der Waals surface area contributed by atoms with Crippen LogP contribution in [-0.4, -0.2) is 39.8 Å². The van der Waals surface area contributed by atoms with Gasteiger partial charge in [0.25, 0.3) is 5.91 Å². The Morgan fingerprint density at radius 1 is 0.953 bits per heavy atom. The maximum absolute atomic E-state index is 14.6. The van der Waals surface area contributed by atoms with E-state index in [2.05, 4.69) is 15.3 Å². The van der Waals surface area contributed by atoms with Gasteiger partial charge < -0.3 is 19.8 Å². The van der Waals surface area contributed by atoms with Crippen molar-refractivity contribution in [2.24, 2.45) is 0 Å². The molecule has 0 saturated carbocycles. The summed E-state index contributed by atoms with van der Waals surface area (Å²) in [4.78, 5) is 44.5. The molecule has 8 nitrogen and oxygen atoms in total. The first-order valence-corrected chi connectivity index (χ1v) is 13.8. The van der Waals surface area contributed by atoms with Crippen LogP contribution < -0.4 is 10.1 Å². The summed E-state index contributed by atoms with van der Waals surface area (Å²) >= 11 is 0. The normalized spacial score (nSPS) is 11.2. The number of rotatable bonds is 11. The molecule has 43 heavy (non-hydrogen) atoms. The van der Waals surface area contributed by atoms with Crippen molar-refractivity contribution in [2.75, 3.05) is 6.54 Å². The molecule has 0 spiro atoms. The van der Waals surface area contributed by atoms with Crippen LogP contribution >= 0.6 is 0 Å². The Bertz CT molecular complexity index is 1640. The molecular weight excluding hydrogens is 556 g/mol. The van der Waals surface area contributed by atoms with Crippen LogP contribution in [0.1, 0.15) is 65.5 Å². The number of amides is 1. The number of hydrogen-bond acceptors (Lipinski definition) is 6. The molecule has 0 saturated heterocycles. The summed E-state index contributed by atoms with van der Waals surface area (Å²) in [7, 11) is 0. The van der Waals surface area contributed by atoms with Crippen molar-refractivity contribution in [3.63, 3.8) is 0 Å². The number of halogens is 2. The Kier molecular flexibility index (Phi) is 9.70. The highest BCUT2D eigenvalue weighted by molar-refractivity contribution is 5.98. The average Bonchev–Trinajstić information content (AvgIpc) is 3.44. The molecule has 0 aliphatic carbocycles. The molecule has 10 heteroatoms. The molecule has 0 bridgehead atoms. The molecule has 2 aromatic carbocycles. The number of aromatic amines is 1. The van der Waals surface area contributed by atoms with Crippen LogP contribution in [0.4, 0.5) is 8.78 Å². The van der Waals surface area contributed by atoms with E-state index < -0.39 is 17.2 Å². The summed E-state index contributed by atoms with van der Waals surface area (Å²) in [5.41, 5.74) is 2.03. The van der Waals surface area contributed by atoms with Gasteiger partial charge in [0, 0.05) is 43.4 Å². The molecule has 0 unspecified atom stereocenters. The van der Waals surface area contributed by atoms with Gasteiger partial charge in [-0.25, -0.2) is 8.78 Å². The second-order valence-electron chi connectivity index (χ2n) is 11.1. The first-order valence-electron chi connectivity index (χ1n) is 13.8. The molecular formula is C33H33F2N3O5. The number of nitrogens with zero attached hydrogens (tertiary/aromatic N) is 1. The molecule has 0 aliphatic rings. The molecule has 1 amide bonds. The zero-order valence-corrected chi connectivity index (χ0v) is 24.4. The van der Waals surface area contributed by atoms with E-state index in [-0.39, 0.29) is 53.1 Å². The van der Waals surface area contributed by atoms with Crippen LogP contribution in [-0.2, 0) is 16.0 Å². The molecule has 0 aliphatic heterocycles. The molecule has 2 N–H and O–H groups in total. The van der Waals surface area contributed by atoms with E-state index >= 15 is 0 Å². The van der Waals surface area contributed by atoms with Gasteiger partial charge in [0.1, 0.15) is 17.2 Å². The van der Waals surface area contributed by atoms with Gasteiger partial charge in [-0.05, 0) is 76.1 Å². The number of ketones is 1. The minimum Gasteiger partial charge on any atom is -0.460 e. The van der Waals surface area contributed by atoms with Crippen molar-refractivity contribution >= 4 is 17.7 Å². The van der Waals surface area contributed by atoms with E-state index in [1.807, 2.05) is 0 Å². The molecule has 224 valence electrons. The van der Waals surface area contributed by atoms with Gasteiger partial charge in [-0.1, -0.05) is 17.7 Å². The van der Waals surface area contributed by atoms with Gasteiger partial charge >= 0.3 is 5.97 Å².